The number of amides is 2. The van der Waals surface area contributed by atoms with E-state index in [0.29, 0.717) is 17.9 Å². The molecule has 4 aromatic rings. The van der Waals surface area contributed by atoms with Crippen molar-refractivity contribution in [3.05, 3.63) is 108 Å². The van der Waals surface area contributed by atoms with Crippen molar-refractivity contribution in [3.8, 4) is 11.5 Å². The van der Waals surface area contributed by atoms with Crippen molar-refractivity contribution in [3.63, 3.8) is 0 Å². The molecule has 1 N–H and O–H groups in total. The van der Waals surface area contributed by atoms with Crippen LogP contribution in [0.25, 0.3) is 10.8 Å². The number of hydrogen-bond donors (Lipinski definition) is 1. The second-order valence-corrected chi connectivity index (χ2v) is 9.66. The summed E-state index contributed by atoms with van der Waals surface area (Å²) < 4.78 is 11.5. The van der Waals surface area contributed by atoms with Crippen molar-refractivity contribution in [1.29, 1.82) is 0 Å². The Morgan fingerprint density at radius 3 is 2.33 bits per heavy atom. The lowest BCUT2D eigenvalue weighted by Crippen LogP contribution is -2.53. The number of nitrogens with one attached hydrogen (secondary N) is 1. The topological polar surface area (TPSA) is 67.9 Å². The van der Waals surface area contributed by atoms with Gasteiger partial charge < -0.3 is 19.7 Å². The minimum Gasteiger partial charge on any atom is -0.497 e. The molecule has 4 rings (SSSR count). The largest absolute Gasteiger partial charge is 0.497 e. The van der Waals surface area contributed by atoms with Gasteiger partial charge in [-0.15, -0.1) is 0 Å². The van der Waals surface area contributed by atoms with Crippen LogP contribution >= 0.6 is 0 Å². The van der Waals surface area contributed by atoms with Crippen LogP contribution in [0.1, 0.15) is 31.4 Å². The molecule has 2 amide bonds. The monoisotopic (exact) mass is 524 g/mol. The van der Waals surface area contributed by atoms with Gasteiger partial charge in [0.05, 0.1) is 7.11 Å². The summed E-state index contributed by atoms with van der Waals surface area (Å²) in [6.45, 7) is 4.03. The molecule has 6 heteroatoms. The number of carbonyl (C=O) groups is 2. The number of rotatable bonds is 12. The van der Waals surface area contributed by atoms with E-state index in [0.717, 1.165) is 28.3 Å². The van der Waals surface area contributed by atoms with Gasteiger partial charge in [0.15, 0.2) is 6.61 Å². The fraction of sp³-hybridized carbons (Fsp3) is 0.273. The normalized spacial score (nSPS) is 12.4. The number of carbonyl (C=O) groups excluding carboxylic acids is 2. The van der Waals surface area contributed by atoms with E-state index < -0.39 is 6.04 Å². The van der Waals surface area contributed by atoms with Crippen LogP contribution in [0.15, 0.2) is 97.1 Å². The third kappa shape index (κ3) is 7.38. The van der Waals surface area contributed by atoms with Crippen molar-refractivity contribution in [1.82, 2.24) is 10.2 Å². The number of fused-ring (bicyclic) bond motifs is 1. The molecule has 0 aliphatic heterocycles. The maximum atomic E-state index is 13.9. The smallest absolute Gasteiger partial charge is 0.261 e. The molecule has 0 bridgehead atoms. The Hall–Kier alpha value is -4.32. The highest BCUT2D eigenvalue weighted by atomic mass is 16.5. The van der Waals surface area contributed by atoms with Crippen LogP contribution in [0.3, 0.4) is 0 Å². The fourth-order valence-corrected chi connectivity index (χ4v) is 4.51. The predicted molar refractivity (Wildman–Crippen MR) is 155 cm³/mol. The van der Waals surface area contributed by atoms with Crippen LogP contribution in [-0.2, 0) is 22.6 Å². The summed E-state index contributed by atoms with van der Waals surface area (Å²) in [5.74, 6) is 0.864. The summed E-state index contributed by atoms with van der Waals surface area (Å²) in [4.78, 5) is 29.2. The SMILES string of the molecule is CC[C@@H](C)NC(=O)[C@@H](Cc1ccccc1)N(Cc1cccc(OC)c1)C(=O)COc1cccc2ccccc12. The van der Waals surface area contributed by atoms with E-state index in [1.807, 2.05) is 111 Å². The molecule has 0 saturated heterocycles. The van der Waals surface area contributed by atoms with E-state index in [9.17, 15) is 9.59 Å². The van der Waals surface area contributed by atoms with Crippen LogP contribution in [0, 0.1) is 0 Å². The van der Waals surface area contributed by atoms with E-state index in [1.54, 1.807) is 12.0 Å². The molecule has 2 atom stereocenters. The predicted octanol–water partition coefficient (Wildman–Crippen LogP) is 5.78. The first-order valence-corrected chi connectivity index (χ1v) is 13.4. The van der Waals surface area contributed by atoms with Gasteiger partial charge in [0, 0.05) is 24.4 Å². The van der Waals surface area contributed by atoms with Gasteiger partial charge in [-0.2, -0.15) is 0 Å². The van der Waals surface area contributed by atoms with Gasteiger partial charge in [0.1, 0.15) is 17.5 Å². The maximum Gasteiger partial charge on any atom is 0.261 e. The van der Waals surface area contributed by atoms with E-state index in [1.165, 1.54) is 0 Å². The van der Waals surface area contributed by atoms with Gasteiger partial charge in [-0.25, -0.2) is 0 Å². The van der Waals surface area contributed by atoms with Crippen LogP contribution in [-0.4, -0.2) is 42.5 Å². The highest BCUT2D eigenvalue weighted by Crippen LogP contribution is 2.26. The zero-order chi connectivity index (χ0) is 27.6. The molecule has 39 heavy (non-hydrogen) atoms. The van der Waals surface area contributed by atoms with Crippen molar-refractivity contribution in [2.24, 2.45) is 0 Å². The second kappa shape index (κ2) is 13.5. The van der Waals surface area contributed by atoms with E-state index in [4.69, 9.17) is 9.47 Å². The van der Waals surface area contributed by atoms with Crippen molar-refractivity contribution in [2.75, 3.05) is 13.7 Å². The Morgan fingerprint density at radius 1 is 0.872 bits per heavy atom. The fourth-order valence-electron chi connectivity index (χ4n) is 4.51. The summed E-state index contributed by atoms with van der Waals surface area (Å²) in [5.41, 5.74) is 1.84. The summed E-state index contributed by atoms with van der Waals surface area (Å²) in [5, 5.41) is 5.06. The van der Waals surface area contributed by atoms with Crippen LogP contribution in [0.4, 0.5) is 0 Å². The van der Waals surface area contributed by atoms with Gasteiger partial charge in [-0.1, -0.05) is 85.8 Å². The average molecular weight is 525 g/mol. The molecular weight excluding hydrogens is 488 g/mol. The standard InChI is InChI=1S/C33H36N2O4/c1-4-24(2)34-33(37)30(21-25-12-6-5-7-13-25)35(22-26-14-10-17-28(20-26)38-3)32(36)23-39-31-19-11-16-27-15-8-9-18-29(27)31/h5-20,24,30H,4,21-23H2,1-3H3,(H,34,37)/t24-,30-/m1/s1. The van der Waals surface area contributed by atoms with E-state index in [2.05, 4.69) is 5.32 Å². The third-order valence-corrected chi connectivity index (χ3v) is 6.86. The number of ether oxygens (including phenoxy) is 2. The Balaban J connectivity index is 1.66. The first kappa shape index (κ1) is 27.7. The molecule has 0 saturated carbocycles. The molecule has 202 valence electrons. The molecule has 0 aliphatic rings. The van der Waals surface area contributed by atoms with Gasteiger partial charge in [0.25, 0.3) is 5.91 Å². The molecule has 6 nitrogen and oxygen atoms in total. The van der Waals surface area contributed by atoms with Crippen LogP contribution in [0.2, 0.25) is 0 Å². The summed E-state index contributed by atoms with van der Waals surface area (Å²) >= 11 is 0. The highest BCUT2D eigenvalue weighted by molar-refractivity contribution is 5.90. The first-order valence-electron chi connectivity index (χ1n) is 13.4. The molecule has 0 aliphatic carbocycles. The zero-order valence-corrected chi connectivity index (χ0v) is 22.8. The van der Waals surface area contributed by atoms with Crippen molar-refractivity contribution < 1.29 is 19.1 Å². The van der Waals surface area contributed by atoms with Crippen molar-refractivity contribution in [2.45, 2.75) is 45.3 Å². The van der Waals surface area contributed by atoms with Gasteiger partial charge >= 0.3 is 0 Å². The highest BCUT2D eigenvalue weighted by Gasteiger charge is 2.31. The zero-order valence-electron chi connectivity index (χ0n) is 22.8. The molecular formula is C33H36N2O4. The third-order valence-electron chi connectivity index (χ3n) is 6.86. The lowest BCUT2D eigenvalue weighted by molar-refractivity contribution is -0.143. The Kier molecular flexibility index (Phi) is 9.57. The average Bonchev–Trinajstić information content (AvgIpc) is 2.98. The Labute approximate surface area is 230 Å². The van der Waals surface area contributed by atoms with Gasteiger partial charge in [-0.3, -0.25) is 9.59 Å². The number of benzene rings is 4. The van der Waals surface area contributed by atoms with Gasteiger partial charge in [-0.05, 0) is 48.1 Å². The molecule has 0 aromatic heterocycles. The van der Waals surface area contributed by atoms with Crippen LogP contribution < -0.4 is 14.8 Å². The Morgan fingerprint density at radius 2 is 1.56 bits per heavy atom. The summed E-state index contributed by atoms with van der Waals surface area (Å²) in [7, 11) is 1.61. The minimum atomic E-state index is -0.726. The lowest BCUT2D eigenvalue weighted by atomic mass is 10.0. The molecule has 0 radical (unpaired) electrons. The van der Waals surface area contributed by atoms with E-state index >= 15 is 0 Å². The van der Waals surface area contributed by atoms with Gasteiger partial charge in [0.2, 0.25) is 5.91 Å². The molecule has 0 heterocycles. The number of hydrogen-bond acceptors (Lipinski definition) is 4. The molecule has 0 fully saturated rings. The minimum absolute atomic E-state index is 0.0172. The Bertz CT molecular complexity index is 1380. The molecule has 0 unspecified atom stereocenters. The number of methoxy groups -OCH3 is 1. The lowest BCUT2D eigenvalue weighted by Gasteiger charge is -2.32. The molecule has 4 aromatic carbocycles. The first-order chi connectivity index (χ1) is 19.0. The maximum absolute atomic E-state index is 13.9. The second-order valence-electron chi connectivity index (χ2n) is 9.66. The van der Waals surface area contributed by atoms with Crippen molar-refractivity contribution >= 4 is 22.6 Å². The molecule has 0 spiro atoms. The summed E-state index contributed by atoms with van der Waals surface area (Å²) in [6.07, 6.45) is 1.17. The van der Waals surface area contributed by atoms with Crippen LogP contribution in [0.5, 0.6) is 11.5 Å². The summed E-state index contributed by atoms with van der Waals surface area (Å²) in [6, 6.07) is 30.3. The number of nitrogens with zero attached hydrogens (tertiary/aromatic N) is 1. The quantitative estimate of drug-likeness (QED) is 0.255. The van der Waals surface area contributed by atoms with E-state index in [-0.39, 0.29) is 31.0 Å².